The molecule has 6 nitrogen and oxygen atoms in total. The van der Waals surface area contributed by atoms with Crippen molar-refractivity contribution in [3.05, 3.63) is 0 Å². The van der Waals surface area contributed by atoms with Crippen LogP contribution in [0.5, 0.6) is 0 Å². The third-order valence-corrected chi connectivity index (χ3v) is 7.73. The zero-order chi connectivity index (χ0) is 16.9. The second-order valence-electron chi connectivity index (χ2n) is 7.21. The molecule has 0 aromatic carbocycles. The molecule has 3 aliphatic rings. The number of carbonyl (C=O) groups is 2. The lowest BCUT2D eigenvalue weighted by atomic mass is 9.82. The molecule has 0 aromatic heterocycles. The molecule has 2 heterocycles. The number of halogens is 1. The minimum Gasteiger partial charge on any atom is -0.349 e. The largest absolute Gasteiger partial charge is 0.349 e. The number of fused-ring (bicyclic) bond motifs is 1. The smallest absolute Gasteiger partial charge is 0.225 e. The first-order chi connectivity index (χ1) is 10.7. The second-order valence-corrected chi connectivity index (χ2v) is 9.55. The Balaban J connectivity index is 1.78. The molecule has 0 unspecified atom stereocenters. The molecule has 130 valence electrons. The van der Waals surface area contributed by atoms with Gasteiger partial charge in [-0.2, -0.15) is 0 Å². The molecule has 3 atom stereocenters. The molecule has 3 fully saturated rings. The zero-order valence-corrected chi connectivity index (χ0v) is 14.3. The quantitative estimate of drug-likeness (QED) is 0.710. The van der Waals surface area contributed by atoms with Gasteiger partial charge in [-0.15, -0.1) is 0 Å². The summed E-state index contributed by atoms with van der Waals surface area (Å²) in [5.74, 6) is -1.25. The number of amides is 2. The van der Waals surface area contributed by atoms with E-state index in [2.05, 4.69) is 0 Å². The fourth-order valence-electron chi connectivity index (χ4n) is 4.05. The Morgan fingerprint density at radius 1 is 1.17 bits per heavy atom. The Morgan fingerprint density at radius 2 is 1.83 bits per heavy atom. The van der Waals surface area contributed by atoms with Crippen LogP contribution >= 0.6 is 0 Å². The molecule has 2 saturated heterocycles. The molecule has 0 radical (unpaired) electrons. The third kappa shape index (κ3) is 2.86. The van der Waals surface area contributed by atoms with Crippen molar-refractivity contribution >= 4 is 21.7 Å². The Labute approximate surface area is 135 Å². The van der Waals surface area contributed by atoms with Crippen molar-refractivity contribution in [3.63, 3.8) is 0 Å². The van der Waals surface area contributed by atoms with Gasteiger partial charge in [-0.1, -0.05) is 0 Å². The number of carbonyl (C=O) groups excluding carboxylic acids is 2. The van der Waals surface area contributed by atoms with Crippen LogP contribution < -0.4 is 0 Å². The summed E-state index contributed by atoms with van der Waals surface area (Å²) in [6.45, 7) is 0.441. The summed E-state index contributed by atoms with van der Waals surface area (Å²) in [6, 6.07) is 0. The maximum absolute atomic E-state index is 13.0. The molecular weight excluding hydrogens is 323 g/mol. The molecule has 23 heavy (non-hydrogen) atoms. The van der Waals surface area contributed by atoms with E-state index < -0.39 is 21.3 Å². The Bertz CT molecular complexity index is 615. The number of sulfone groups is 1. The normalized spacial score (nSPS) is 38.6. The average molecular weight is 346 g/mol. The summed E-state index contributed by atoms with van der Waals surface area (Å²) < 4.78 is 37.7. The van der Waals surface area contributed by atoms with Gasteiger partial charge >= 0.3 is 0 Å². The highest BCUT2D eigenvalue weighted by Gasteiger charge is 2.52. The van der Waals surface area contributed by atoms with E-state index in [0.29, 0.717) is 13.0 Å². The van der Waals surface area contributed by atoms with Crippen LogP contribution in [0.4, 0.5) is 4.39 Å². The number of likely N-dealkylation sites (tertiary alicyclic amines) is 1. The highest BCUT2D eigenvalue weighted by atomic mass is 32.2. The molecule has 3 rings (SSSR count). The lowest BCUT2D eigenvalue weighted by molar-refractivity contribution is -0.140. The monoisotopic (exact) mass is 346 g/mol. The van der Waals surface area contributed by atoms with E-state index in [0.717, 1.165) is 0 Å². The summed E-state index contributed by atoms with van der Waals surface area (Å²) >= 11 is 0. The van der Waals surface area contributed by atoms with Gasteiger partial charge in [0, 0.05) is 44.9 Å². The van der Waals surface area contributed by atoms with Gasteiger partial charge in [-0.25, -0.2) is 12.8 Å². The van der Waals surface area contributed by atoms with Gasteiger partial charge in [0.2, 0.25) is 11.8 Å². The molecule has 1 aliphatic carbocycles. The first-order valence-electron chi connectivity index (χ1n) is 8.06. The molecule has 8 heteroatoms. The van der Waals surface area contributed by atoms with Crippen LogP contribution in [0.15, 0.2) is 0 Å². The van der Waals surface area contributed by atoms with E-state index in [1.807, 2.05) is 0 Å². The number of nitrogens with zero attached hydrogens (tertiary/aromatic N) is 2. The standard InChI is InChI=1S/C15H23FN2O4S/c1-17(2)15(20)11-3-4-23(21,22)13-8-18(7-12(11)13)14(19)9-5-10(16)6-9/h9-13H,3-8H2,1-2H3/t9?,10?,11-,12-,13-/m1/s1. The Morgan fingerprint density at radius 3 is 2.39 bits per heavy atom. The van der Waals surface area contributed by atoms with Crippen molar-refractivity contribution in [2.75, 3.05) is 32.9 Å². The fourth-order valence-corrected chi connectivity index (χ4v) is 6.15. The summed E-state index contributed by atoms with van der Waals surface area (Å²) in [5, 5.41) is -0.657. The molecule has 2 aliphatic heterocycles. The summed E-state index contributed by atoms with van der Waals surface area (Å²) in [4.78, 5) is 27.8. The van der Waals surface area contributed by atoms with Crippen LogP contribution in [-0.2, 0) is 19.4 Å². The predicted octanol–water partition coefficient (Wildman–Crippen LogP) is 0.0844. The molecular formula is C15H23FN2O4S. The minimum atomic E-state index is -3.28. The van der Waals surface area contributed by atoms with E-state index in [9.17, 15) is 22.4 Å². The maximum Gasteiger partial charge on any atom is 0.225 e. The van der Waals surface area contributed by atoms with Crippen LogP contribution in [0.2, 0.25) is 0 Å². The summed E-state index contributed by atoms with van der Waals surface area (Å²) in [6.07, 6.45) is -0.131. The minimum absolute atomic E-state index is 0.00355. The van der Waals surface area contributed by atoms with E-state index in [1.165, 1.54) is 4.90 Å². The first kappa shape index (κ1) is 16.7. The van der Waals surface area contributed by atoms with Crippen LogP contribution in [-0.4, -0.2) is 74.4 Å². The maximum atomic E-state index is 13.0. The lowest BCUT2D eigenvalue weighted by Gasteiger charge is -2.33. The van der Waals surface area contributed by atoms with Crippen molar-refractivity contribution in [2.24, 2.45) is 17.8 Å². The van der Waals surface area contributed by atoms with E-state index in [-0.39, 0.29) is 54.7 Å². The van der Waals surface area contributed by atoms with Gasteiger partial charge in [0.25, 0.3) is 0 Å². The molecule has 0 bridgehead atoms. The van der Waals surface area contributed by atoms with Crippen molar-refractivity contribution in [1.82, 2.24) is 9.80 Å². The van der Waals surface area contributed by atoms with Crippen LogP contribution in [0.1, 0.15) is 19.3 Å². The zero-order valence-electron chi connectivity index (χ0n) is 13.4. The molecule has 1 saturated carbocycles. The van der Waals surface area contributed by atoms with Gasteiger partial charge < -0.3 is 9.80 Å². The Hall–Kier alpha value is -1.18. The SMILES string of the molecule is CN(C)C(=O)[C@@H]1CCS(=O)(=O)[C@@H]2CN(C(=O)C3CC(F)C3)C[C@@H]21. The van der Waals surface area contributed by atoms with Gasteiger partial charge in [0.1, 0.15) is 6.17 Å². The number of hydrogen-bond acceptors (Lipinski definition) is 4. The van der Waals surface area contributed by atoms with Gasteiger partial charge in [-0.3, -0.25) is 9.59 Å². The van der Waals surface area contributed by atoms with E-state index in [4.69, 9.17) is 0 Å². The average Bonchev–Trinajstić information content (AvgIpc) is 2.89. The second kappa shape index (κ2) is 5.72. The summed E-state index contributed by atoms with van der Waals surface area (Å²) in [5.41, 5.74) is 0. The van der Waals surface area contributed by atoms with E-state index >= 15 is 0 Å². The van der Waals surface area contributed by atoms with Gasteiger partial charge in [0.15, 0.2) is 9.84 Å². The number of hydrogen-bond donors (Lipinski definition) is 0. The molecule has 0 aromatic rings. The van der Waals surface area contributed by atoms with Crippen molar-refractivity contribution in [2.45, 2.75) is 30.7 Å². The molecule has 0 N–H and O–H groups in total. The third-order valence-electron chi connectivity index (χ3n) is 5.50. The van der Waals surface area contributed by atoms with E-state index in [1.54, 1.807) is 19.0 Å². The topological polar surface area (TPSA) is 74.8 Å². The molecule has 0 spiro atoms. The number of rotatable bonds is 2. The highest BCUT2D eigenvalue weighted by Crippen LogP contribution is 2.40. The van der Waals surface area contributed by atoms with Crippen molar-refractivity contribution < 1.29 is 22.4 Å². The number of alkyl halides is 1. The predicted molar refractivity (Wildman–Crippen MR) is 82.1 cm³/mol. The first-order valence-corrected chi connectivity index (χ1v) is 9.78. The van der Waals surface area contributed by atoms with Crippen molar-refractivity contribution in [1.29, 1.82) is 0 Å². The summed E-state index contributed by atoms with van der Waals surface area (Å²) in [7, 11) is 0.0388. The lowest BCUT2D eigenvalue weighted by Crippen LogP contribution is -2.46. The van der Waals surface area contributed by atoms with Gasteiger partial charge in [-0.05, 0) is 19.3 Å². The molecule has 2 amide bonds. The van der Waals surface area contributed by atoms with Gasteiger partial charge in [0.05, 0.1) is 11.0 Å². The highest BCUT2D eigenvalue weighted by molar-refractivity contribution is 7.92. The fraction of sp³-hybridized carbons (Fsp3) is 0.867. The Kier molecular flexibility index (Phi) is 4.14. The van der Waals surface area contributed by atoms with Crippen molar-refractivity contribution in [3.8, 4) is 0 Å². The van der Waals surface area contributed by atoms with Crippen LogP contribution in [0.25, 0.3) is 0 Å². The van der Waals surface area contributed by atoms with Crippen LogP contribution in [0, 0.1) is 17.8 Å². The van der Waals surface area contributed by atoms with Crippen LogP contribution in [0.3, 0.4) is 0 Å².